The van der Waals surface area contributed by atoms with Crippen molar-refractivity contribution in [3.63, 3.8) is 0 Å². The maximum atomic E-state index is 6.02. The van der Waals surface area contributed by atoms with E-state index < -0.39 is 0 Å². The standard InChI is InChI=1S/C17H25ClN2/c1-13-10-16(18)5-4-15(13)12-20-8-6-17(7-9-20)19-11-14-2-3-14/h4-5,10,14,17,19H,2-3,6-9,11-12H2,1H3. The molecule has 0 bridgehead atoms. The van der Waals surface area contributed by atoms with Crippen molar-refractivity contribution in [1.29, 1.82) is 0 Å². The lowest BCUT2D eigenvalue weighted by molar-refractivity contribution is 0.190. The Bertz CT molecular complexity index is 448. The normalized spacial score (nSPS) is 21.3. The largest absolute Gasteiger partial charge is 0.314 e. The molecule has 1 heterocycles. The van der Waals surface area contributed by atoms with Gasteiger partial charge in [-0.15, -0.1) is 0 Å². The number of hydrogen-bond donors (Lipinski definition) is 1. The third kappa shape index (κ3) is 3.97. The summed E-state index contributed by atoms with van der Waals surface area (Å²) in [5.41, 5.74) is 2.73. The van der Waals surface area contributed by atoms with Crippen molar-refractivity contribution in [3.8, 4) is 0 Å². The molecule has 2 aliphatic rings. The van der Waals surface area contributed by atoms with Gasteiger partial charge in [-0.1, -0.05) is 17.7 Å². The molecule has 2 nitrogen and oxygen atoms in total. The molecule has 1 aliphatic heterocycles. The molecule has 3 heteroatoms. The van der Waals surface area contributed by atoms with Crippen LogP contribution >= 0.6 is 11.6 Å². The number of nitrogens with zero attached hydrogens (tertiary/aromatic N) is 1. The first-order chi connectivity index (χ1) is 9.70. The highest BCUT2D eigenvalue weighted by molar-refractivity contribution is 6.30. The average Bonchev–Trinajstić information content (AvgIpc) is 3.25. The topological polar surface area (TPSA) is 15.3 Å². The van der Waals surface area contributed by atoms with Crippen LogP contribution in [0.25, 0.3) is 0 Å². The van der Waals surface area contributed by atoms with Crippen LogP contribution in [0.1, 0.15) is 36.8 Å². The predicted octanol–water partition coefficient (Wildman–Crippen LogP) is 3.61. The van der Waals surface area contributed by atoms with E-state index in [1.807, 2.05) is 6.07 Å². The number of halogens is 1. The Morgan fingerprint density at radius 3 is 2.60 bits per heavy atom. The Hall–Kier alpha value is -0.570. The second-order valence-corrected chi connectivity index (χ2v) is 6.91. The van der Waals surface area contributed by atoms with Gasteiger partial charge < -0.3 is 5.32 Å². The maximum Gasteiger partial charge on any atom is 0.0408 e. The molecular weight excluding hydrogens is 268 g/mol. The Morgan fingerprint density at radius 1 is 1.20 bits per heavy atom. The summed E-state index contributed by atoms with van der Waals surface area (Å²) >= 11 is 6.02. The summed E-state index contributed by atoms with van der Waals surface area (Å²) in [5.74, 6) is 0.991. The summed E-state index contributed by atoms with van der Waals surface area (Å²) in [6.07, 6.45) is 5.47. The van der Waals surface area contributed by atoms with E-state index in [2.05, 4.69) is 29.3 Å². The maximum absolute atomic E-state index is 6.02. The van der Waals surface area contributed by atoms with Crippen molar-refractivity contribution >= 4 is 11.6 Å². The number of piperidine rings is 1. The first-order valence-electron chi connectivity index (χ1n) is 7.91. The summed E-state index contributed by atoms with van der Waals surface area (Å²) < 4.78 is 0. The lowest BCUT2D eigenvalue weighted by Gasteiger charge is -2.32. The van der Waals surface area contributed by atoms with E-state index >= 15 is 0 Å². The van der Waals surface area contributed by atoms with E-state index in [1.54, 1.807) is 0 Å². The molecule has 0 unspecified atom stereocenters. The first kappa shape index (κ1) is 14.4. The molecule has 1 N–H and O–H groups in total. The van der Waals surface area contributed by atoms with Crippen LogP contribution in [0.4, 0.5) is 0 Å². The minimum Gasteiger partial charge on any atom is -0.314 e. The molecule has 0 spiro atoms. The van der Waals surface area contributed by atoms with Crippen LogP contribution in [-0.4, -0.2) is 30.6 Å². The zero-order valence-corrected chi connectivity index (χ0v) is 13.1. The Morgan fingerprint density at radius 2 is 1.95 bits per heavy atom. The van der Waals surface area contributed by atoms with Gasteiger partial charge in [-0.3, -0.25) is 4.90 Å². The quantitative estimate of drug-likeness (QED) is 0.892. The Labute approximate surface area is 127 Å². The van der Waals surface area contributed by atoms with Crippen LogP contribution in [0.5, 0.6) is 0 Å². The molecule has 0 aromatic heterocycles. The summed E-state index contributed by atoms with van der Waals surface area (Å²) in [4.78, 5) is 2.57. The minimum absolute atomic E-state index is 0.748. The van der Waals surface area contributed by atoms with Crippen LogP contribution < -0.4 is 5.32 Å². The van der Waals surface area contributed by atoms with Gasteiger partial charge in [0.05, 0.1) is 0 Å². The van der Waals surface area contributed by atoms with E-state index in [0.29, 0.717) is 0 Å². The first-order valence-corrected chi connectivity index (χ1v) is 8.29. The van der Waals surface area contributed by atoms with Gasteiger partial charge in [0.15, 0.2) is 0 Å². The highest BCUT2D eigenvalue weighted by Gasteiger charge is 2.24. The van der Waals surface area contributed by atoms with Gasteiger partial charge in [-0.25, -0.2) is 0 Å². The number of likely N-dealkylation sites (tertiary alicyclic amines) is 1. The summed E-state index contributed by atoms with van der Waals surface area (Å²) in [7, 11) is 0. The van der Waals surface area contributed by atoms with E-state index in [4.69, 9.17) is 11.6 Å². The smallest absolute Gasteiger partial charge is 0.0408 e. The molecule has 0 atom stereocenters. The minimum atomic E-state index is 0.748. The molecule has 1 aromatic carbocycles. The third-order valence-corrected chi connectivity index (χ3v) is 4.91. The van der Waals surface area contributed by atoms with Crippen molar-refractivity contribution in [1.82, 2.24) is 10.2 Å². The van der Waals surface area contributed by atoms with Gasteiger partial charge >= 0.3 is 0 Å². The molecule has 3 rings (SSSR count). The number of aryl methyl sites for hydroxylation is 1. The molecule has 0 amide bonds. The van der Waals surface area contributed by atoms with E-state index in [0.717, 1.165) is 23.5 Å². The molecule has 20 heavy (non-hydrogen) atoms. The summed E-state index contributed by atoms with van der Waals surface area (Å²) in [5, 5.41) is 4.58. The molecule has 1 aromatic rings. The third-order valence-electron chi connectivity index (χ3n) is 4.68. The fourth-order valence-corrected chi connectivity index (χ4v) is 3.25. The second kappa shape index (κ2) is 6.46. The molecular formula is C17H25ClN2. The predicted molar refractivity (Wildman–Crippen MR) is 85.2 cm³/mol. The van der Waals surface area contributed by atoms with Crippen LogP contribution in [-0.2, 0) is 6.54 Å². The Kier molecular flexibility index (Phi) is 4.65. The molecule has 1 saturated heterocycles. The van der Waals surface area contributed by atoms with Gasteiger partial charge in [-0.2, -0.15) is 0 Å². The molecule has 110 valence electrons. The van der Waals surface area contributed by atoms with Crippen molar-refractivity contribution in [2.45, 2.75) is 45.2 Å². The van der Waals surface area contributed by atoms with E-state index in [-0.39, 0.29) is 0 Å². The molecule has 1 saturated carbocycles. The zero-order chi connectivity index (χ0) is 13.9. The van der Waals surface area contributed by atoms with Gasteiger partial charge in [0.25, 0.3) is 0 Å². The van der Waals surface area contributed by atoms with Gasteiger partial charge in [-0.05, 0) is 81.4 Å². The van der Waals surface area contributed by atoms with Gasteiger partial charge in [0.2, 0.25) is 0 Å². The van der Waals surface area contributed by atoms with Crippen LogP contribution in [0, 0.1) is 12.8 Å². The second-order valence-electron chi connectivity index (χ2n) is 6.47. The van der Waals surface area contributed by atoms with E-state index in [1.165, 1.54) is 56.4 Å². The number of benzene rings is 1. The number of nitrogens with one attached hydrogen (secondary N) is 1. The average molecular weight is 293 g/mol. The lowest BCUT2D eigenvalue weighted by Crippen LogP contribution is -2.42. The van der Waals surface area contributed by atoms with Crippen molar-refractivity contribution < 1.29 is 0 Å². The molecule has 1 aliphatic carbocycles. The molecule has 0 radical (unpaired) electrons. The monoisotopic (exact) mass is 292 g/mol. The summed E-state index contributed by atoms with van der Waals surface area (Å²) in [6, 6.07) is 7.00. The highest BCUT2D eigenvalue weighted by Crippen LogP contribution is 2.28. The lowest BCUT2D eigenvalue weighted by atomic mass is 10.0. The summed E-state index contributed by atoms with van der Waals surface area (Å²) in [6.45, 7) is 6.90. The number of hydrogen-bond acceptors (Lipinski definition) is 2. The van der Waals surface area contributed by atoms with Crippen LogP contribution in [0.3, 0.4) is 0 Å². The zero-order valence-electron chi connectivity index (χ0n) is 12.4. The van der Waals surface area contributed by atoms with Crippen molar-refractivity contribution in [2.24, 2.45) is 5.92 Å². The van der Waals surface area contributed by atoms with Crippen molar-refractivity contribution in [2.75, 3.05) is 19.6 Å². The number of rotatable bonds is 5. The van der Waals surface area contributed by atoms with Crippen LogP contribution in [0.15, 0.2) is 18.2 Å². The fraction of sp³-hybridized carbons (Fsp3) is 0.647. The van der Waals surface area contributed by atoms with Crippen molar-refractivity contribution in [3.05, 3.63) is 34.3 Å². The SMILES string of the molecule is Cc1cc(Cl)ccc1CN1CCC(NCC2CC2)CC1. The van der Waals surface area contributed by atoms with E-state index in [9.17, 15) is 0 Å². The highest BCUT2D eigenvalue weighted by atomic mass is 35.5. The van der Waals surface area contributed by atoms with Gasteiger partial charge in [0, 0.05) is 17.6 Å². The van der Waals surface area contributed by atoms with Gasteiger partial charge in [0.1, 0.15) is 0 Å². The molecule has 2 fully saturated rings. The Balaban J connectivity index is 1.45. The van der Waals surface area contributed by atoms with Crippen LogP contribution in [0.2, 0.25) is 5.02 Å². The fourth-order valence-electron chi connectivity index (χ4n) is 3.03.